The summed E-state index contributed by atoms with van der Waals surface area (Å²) in [6, 6.07) is 8.33. The molecule has 2 atom stereocenters. The van der Waals surface area contributed by atoms with Crippen LogP contribution in [0, 0.1) is 5.92 Å². The molecule has 1 aromatic rings. The lowest BCUT2D eigenvalue weighted by molar-refractivity contribution is -0.126. The zero-order valence-electron chi connectivity index (χ0n) is 14.8. The van der Waals surface area contributed by atoms with Crippen LogP contribution in [-0.2, 0) is 9.53 Å². The van der Waals surface area contributed by atoms with E-state index in [9.17, 15) is 4.79 Å². The van der Waals surface area contributed by atoms with Crippen LogP contribution in [0.5, 0.6) is 5.75 Å². The van der Waals surface area contributed by atoms with Gasteiger partial charge in [-0.2, -0.15) is 0 Å². The van der Waals surface area contributed by atoms with Gasteiger partial charge in [-0.3, -0.25) is 9.69 Å². The van der Waals surface area contributed by atoms with Crippen molar-refractivity contribution in [3.05, 3.63) is 35.4 Å². The van der Waals surface area contributed by atoms with Crippen molar-refractivity contribution in [1.82, 2.24) is 9.80 Å². The van der Waals surface area contributed by atoms with Crippen molar-refractivity contribution in [3.63, 3.8) is 0 Å². The van der Waals surface area contributed by atoms with Crippen LogP contribution in [0.15, 0.2) is 29.8 Å². The zero-order chi connectivity index (χ0) is 17.2. The summed E-state index contributed by atoms with van der Waals surface area (Å²) in [7, 11) is 0. The summed E-state index contributed by atoms with van der Waals surface area (Å²) in [5.74, 6) is 1.53. The van der Waals surface area contributed by atoms with Gasteiger partial charge in [0.1, 0.15) is 12.4 Å². The molecular weight excluding hydrogens is 316 g/mol. The molecule has 4 rings (SSSR count). The van der Waals surface area contributed by atoms with E-state index in [0.29, 0.717) is 18.6 Å². The molecular formula is C20H26N2O3. The van der Waals surface area contributed by atoms with E-state index in [2.05, 4.69) is 11.8 Å². The van der Waals surface area contributed by atoms with E-state index in [-0.39, 0.29) is 5.91 Å². The number of morpholine rings is 1. The summed E-state index contributed by atoms with van der Waals surface area (Å²) in [5, 5.41) is 0. The van der Waals surface area contributed by atoms with Crippen molar-refractivity contribution < 1.29 is 14.3 Å². The van der Waals surface area contributed by atoms with Crippen LogP contribution in [0.1, 0.15) is 18.9 Å². The van der Waals surface area contributed by atoms with Gasteiger partial charge in [0.05, 0.1) is 18.8 Å². The molecule has 134 valence electrons. The monoisotopic (exact) mass is 342 g/mol. The SMILES string of the molecule is CCC1CN(C(=O)C2=Cc3ccccc3OC2)CC1N1CCOCC1. The molecule has 0 N–H and O–H groups in total. The molecule has 2 fully saturated rings. The molecule has 2 unspecified atom stereocenters. The number of fused-ring (bicyclic) bond motifs is 1. The molecule has 3 aliphatic rings. The lowest BCUT2D eigenvalue weighted by Crippen LogP contribution is -2.47. The predicted molar refractivity (Wildman–Crippen MR) is 96.5 cm³/mol. The van der Waals surface area contributed by atoms with Crippen LogP contribution in [-0.4, -0.2) is 67.7 Å². The third-order valence-corrected chi connectivity index (χ3v) is 5.64. The first-order valence-corrected chi connectivity index (χ1v) is 9.29. The van der Waals surface area contributed by atoms with E-state index in [1.165, 1.54) is 0 Å². The highest BCUT2D eigenvalue weighted by molar-refractivity contribution is 5.99. The van der Waals surface area contributed by atoms with Crippen LogP contribution >= 0.6 is 0 Å². The predicted octanol–water partition coefficient (Wildman–Crippen LogP) is 2.03. The second-order valence-corrected chi connectivity index (χ2v) is 7.09. The van der Waals surface area contributed by atoms with Gasteiger partial charge in [-0.15, -0.1) is 0 Å². The number of benzene rings is 1. The molecule has 25 heavy (non-hydrogen) atoms. The second kappa shape index (κ2) is 7.18. The second-order valence-electron chi connectivity index (χ2n) is 7.09. The highest BCUT2D eigenvalue weighted by atomic mass is 16.5. The summed E-state index contributed by atoms with van der Waals surface area (Å²) in [6.45, 7) is 7.81. The fraction of sp³-hybridized carbons (Fsp3) is 0.550. The maximum atomic E-state index is 13.0. The van der Waals surface area contributed by atoms with Gasteiger partial charge in [-0.25, -0.2) is 0 Å². The van der Waals surface area contributed by atoms with Crippen LogP contribution in [0.3, 0.4) is 0 Å². The number of hydrogen-bond acceptors (Lipinski definition) is 4. The highest BCUT2D eigenvalue weighted by Gasteiger charge is 2.39. The Kier molecular flexibility index (Phi) is 4.77. The number of nitrogens with zero attached hydrogens (tertiary/aromatic N) is 2. The Bertz CT molecular complexity index is 667. The Hall–Kier alpha value is -1.85. The standard InChI is InChI=1S/C20H26N2O3/c1-2-15-12-22(13-18(15)21-7-9-24-10-8-21)20(23)17-11-16-5-3-4-6-19(16)25-14-17/h3-6,11,15,18H,2,7-10,12-14H2,1H3. The fourth-order valence-corrected chi connectivity index (χ4v) is 4.19. The maximum absolute atomic E-state index is 13.0. The molecule has 0 spiro atoms. The largest absolute Gasteiger partial charge is 0.488 e. The number of ether oxygens (including phenoxy) is 2. The lowest BCUT2D eigenvalue weighted by Gasteiger charge is -2.34. The summed E-state index contributed by atoms with van der Waals surface area (Å²) in [4.78, 5) is 17.6. The van der Waals surface area contributed by atoms with Crippen molar-refractivity contribution >= 4 is 12.0 Å². The number of hydrogen-bond donors (Lipinski definition) is 0. The van der Waals surface area contributed by atoms with Gasteiger partial charge in [0.15, 0.2) is 0 Å². The van der Waals surface area contributed by atoms with E-state index in [0.717, 1.165) is 62.7 Å². The van der Waals surface area contributed by atoms with E-state index < -0.39 is 0 Å². The molecule has 3 heterocycles. The normalized spacial score (nSPS) is 26.8. The molecule has 0 saturated carbocycles. The molecule has 3 aliphatic heterocycles. The average molecular weight is 342 g/mol. The molecule has 0 radical (unpaired) electrons. The molecule has 5 nitrogen and oxygen atoms in total. The molecule has 0 aliphatic carbocycles. The van der Waals surface area contributed by atoms with Crippen LogP contribution in [0.2, 0.25) is 0 Å². The zero-order valence-corrected chi connectivity index (χ0v) is 14.8. The van der Waals surface area contributed by atoms with Crippen molar-refractivity contribution in [2.24, 2.45) is 5.92 Å². The Morgan fingerprint density at radius 3 is 2.80 bits per heavy atom. The number of amides is 1. The van der Waals surface area contributed by atoms with Gasteiger partial charge in [-0.05, 0) is 18.1 Å². The van der Waals surface area contributed by atoms with Crippen LogP contribution in [0.25, 0.3) is 6.08 Å². The third-order valence-electron chi connectivity index (χ3n) is 5.64. The van der Waals surface area contributed by atoms with Crippen molar-refractivity contribution in [2.75, 3.05) is 46.0 Å². The Morgan fingerprint density at radius 2 is 2.00 bits per heavy atom. The van der Waals surface area contributed by atoms with Crippen LogP contribution < -0.4 is 4.74 Å². The van der Waals surface area contributed by atoms with E-state index in [4.69, 9.17) is 9.47 Å². The van der Waals surface area contributed by atoms with Crippen LogP contribution in [0.4, 0.5) is 0 Å². The minimum Gasteiger partial charge on any atom is -0.488 e. The Labute approximate surface area is 149 Å². The van der Waals surface area contributed by atoms with Crippen molar-refractivity contribution in [3.8, 4) is 5.75 Å². The molecule has 1 aromatic carbocycles. The summed E-state index contributed by atoms with van der Waals surface area (Å²) >= 11 is 0. The topological polar surface area (TPSA) is 42.0 Å². The van der Waals surface area contributed by atoms with Gasteiger partial charge in [0.2, 0.25) is 0 Å². The third kappa shape index (κ3) is 3.31. The number of likely N-dealkylation sites (tertiary alicyclic amines) is 1. The lowest BCUT2D eigenvalue weighted by atomic mass is 9.99. The van der Waals surface area contributed by atoms with E-state index >= 15 is 0 Å². The number of carbonyl (C=O) groups is 1. The van der Waals surface area contributed by atoms with Gasteiger partial charge >= 0.3 is 0 Å². The quantitative estimate of drug-likeness (QED) is 0.843. The molecule has 1 amide bonds. The summed E-state index contributed by atoms with van der Waals surface area (Å²) in [5.41, 5.74) is 1.75. The molecule has 0 bridgehead atoms. The van der Waals surface area contributed by atoms with E-state index in [1.54, 1.807) is 0 Å². The number of para-hydroxylation sites is 1. The van der Waals surface area contributed by atoms with Gasteiger partial charge in [0.25, 0.3) is 5.91 Å². The molecule has 5 heteroatoms. The van der Waals surface area contributed by atoms with Crippen molar-refractivity contribution in [1.29, 1.82) is 0 Å². The number of carbonyl (C=O) groups excluding carboxylic acids is 1. The smallest absolute Gasteiger partial charge is 0.253 e. The highest BCUT2D eigenvalue weighted by Crippen LogP contribution is 2.30. The van der Waals surface area contributed by atoms with Gasteiger partial charge in [0, 0.05) is 37.8 Å². The Morgan fingerprint density at radius 1 is 1.20 bits per heavy atom. The van der Waals surface area contributed by atoms with E-state index in [1.807, 2.05) is 35.2 Å². The summed E-state index contributed by atoms with van der Waals surface area (Å²) in [6.07, 6.45) is 3.09. The fourth-order valence-electron chi connectivity index (χ4n) is 4.19. The number of rotatable bonds is 3. The first-order chi connectivity index (χ1) is 12.3. The first-order valence-electron chi connectivity index (χ1n) is 9.29. The van der Waals surface area contributed by atoms with Gasteiger partial charge in [-0.1, -0.05) is 31.5 Å². The molecule has 0 aromatic heterocycles. The maximum Gasteiger partial charge on any atom is 0.253 e. The Balaban J connectivity index is 1.48. The van der Waals surface area contributed by atoms with Crippen molar-refractivity contribution in [2.45, 2.75) is 19.4 Å². The summed E-state index contributed by atoms with van der Waals surface area (Å²) < 4.78 is 11.3. The minimum absolute atomic E-state index is 0.128. The first kappa shape index (κ1) is 16.6. The van der Waals surface area contributed by atoms with Gasteiger partial charge < -0.3 is 14.4 Å². The molecule has 2 saturated heterocycles. The minimum atomic E-state index is 0.128. The average Bonchev–Trinajstić information content (AvgIpc) is 3.12.